The summed E-state index contributed by atoms with van der Waals surface area (Å²) in [6, 6.07) is 11.3. The van der Waals surface area contributed by atoms with E-state index in [4.69, 9.17) is 4.42 Å². The summed E-state index contributed by atoms with van der Waals surface area (Å²) in [6.45, 7) is 0.378. The number of nitrogens with zero attached hydrogens (tertiary/aromatic N) is 2. The highest BCUT2D eigenvalue weighted by atomic mass is 79.9. The average molecular weight is 393 g/mol. The third-order valence-corrected chi connectivity index (χ3v) is 4.50. The molecule has 2 heterocycles. The van der Waals surface area contributed by atoms with Crippen molar-refractivity contribution in [3.63, 3.8) is 0 Å². The molecular formula is C15H13BrN4O2S. The standard InChI is InChI=1S/C15H13BrN4O2S/c16-12-6-2-1-5-11(12)14-18-15(20-19-14)23-9-13(21)17-8-10-4-3-7-22-10/h1-7H,8-9H2,(H,17,21)(H,18,19,20). The Morgan fingerprint density at radius 2 is 2.17 bits per heavy atom. The topological polar surface area (TPSA) is 83.8 Å². The number of hydrogen-bond donors (Lipinski definition) is 2. The lowest BCUT2D eigenvalue weighted by Crippen LogP contribution is -2.24. The number of aromatic amines is 1. The number of amides is 1. The fourth-order valence-corrected chi connectivity index (χ4v) is 2.97. The molecule has 0 saturated heterocycles. The van der Waals surface area contributed by atoms with Crippen LogP contribution in [0.5, 0.6) is 0 Å². The minimum absolute atomic E-state index is 0.0985. The van der Waals surface area contributed by atoms with Crippen LogP contribution in [0.2, 0.25) is 0 Å². The van der Waals surface area contributed by atoms with E-state index >= 15 is 0 Å². The van der Waals surface area contributed by atoms with E-state index in [1.165, 1.54) is 11.8 Å². The number of thioether (sulfide) groups is 1. The van der Waals surface area contributed by atoms with Gasteiger partial charge < -0.3 is 9.73 Å². The van der Waals surface area contributed by atoms with Crippen LogP contribution in [0.3, 0.4) is 0 Å². The van der Waals surface area contributed by atoms with Crippen molar-refractivity contribution in [2.45, 2.75) is 11.7 Å². The SMILES string of the molecule is O=C(CSc1n[nH]c(-c2ccccc2Br)n1)NCc1ccco1. The molecule has 0 spiro atoms. The van der Waals surface area contributed by atoms with Gasteiger partial charge in [0.1, 0.15) is 5.76 Å². The van der Waals surface area contributed by atoms with Crippen molar-refractivity contribution < 1.29 is 9.21 Å². The molecule has 0 aliphatic rings. The molecule has 0 aliphatic carbocycles. The molecule has 0 fully saturated rings. The molecule has 1 amide bonds. The Morgan fingerprint density at radius 1 is 1.30 bits per heavy atom. The molecule has 0 bridgehead atoms. The summed E-state index contributed by atoms with van der Waals surface area (Å²) >= 11 is 4.75. The molecular weight excluding hydrogens is 380 g/mol. The first kappa shape index (κ1) is 15.8. The predicted octanol–water partition coefficient (Wildman–Crippen LogP) is 3.24. The number of hydrogen-bond acceptors (Lipinski definition) is 5. The largest absolute Gasteiger partial charge is 0.467 e. The van der Waals surface area contributed by atoms with Gasteiger partial charge in [-0.05, 0) is 18.2 Å². The zero-order chi connectivity index (χ0) is 16.1. The van der Waals surface area contributed by atoms with Crippen LogP contribution in [0.15, 0.2) is 56.7 Å². The summed E-state index contributed by atoms with van der Waals surface area (Å²) in [7, 11) is 0. The molecule has 0 saturated carbocycles. The van der Waals surface area contributed by atoms with Crippen molar-refractivity contribution in [1.82, 2.24) is 20.5 Å². The fraction of sp³-hybridized carbons (Fsp3) is 0.133. The number of benzene rings is 1. The molecule has 2 aromatic heterocycles. The van der Waals surface area contributed by atoms with Gasteiger partial charge >= 0.3 is 0 Å². The van der Waals surface area contributed by atoms with Gasteiger partial charge in [-0.1, -0.05) is 45.9 Å². The number of carbonyl (C=O) groups excluding carboxylic acids is 1. The van der Waals surface area contributed by atoms with E-state index in [2.05, 4.69) is 36.4 Å². The second-order valence-corrected chi connectivity index (χ2v) is 6.39. The highest BCUT2D eigenvalue weighted by molar-refractivity contribution is 9.10. The minimum Gasteiger partial charge on any atom is -0.467 e. The van der Waals surface area contributed by atoms with E-state index in [-0.39, 0.29) is 11.7 Å². The van der Waals surface area contributed by atoms with Crippen LogP contribution in [0.1, 0.15) is 5.76 Å². The Kier molecular flexibility index (Phi) is 5.14. The molecule has 2 N–H and O–H groups in total. The van der Waals surface area contributed by atoms with Gasteiger partial charge in [0.05, 0.1) is 18.6 Å². The third kappa shape index (κ3) is 4.23. The summed E-state index contributed by atoms with van der Waals surface area (Å²) in [6.07, 6.45) is 1.58. The molecule has 3 aromatic rings. The highest BCUT2D eigenvalue weighted by Crippen LogP contribution is 2.26. The van der Waals surface area contributed by atoms with Crippen LogP contribution in [0.25, 0.3) is 11.4 Å². The Balaban J connectivity index is 1.53. The van der Waals surface area contributed by atoms with Crippen LogP contribution in [0.4, 0.5) is 0 Å². The molecule has 1 aromatic carbocycles. The molecule has 23 heavy (non-hydrogen) atoms. The van der Waals surface area contributed by atoms with Gasteiger partial charge in [0.2, 0.25) is 11.1 Å². The molecule has 0 atom stereocenters. The average Bonchev–Trinajstić information content (AvgIpc) is 3.23. The maximum Gasteiger partial charge on any atom is 0.230 e. The van der Waals surface area contributed by atoms with Gasteiger partial charge in [0.15, 0.2) is 5.82 Å². The van der Waals surface area contributed by atoms with Gasteiger partial charge in [-0.3, -0.25) is 9.89 Å². The normalized spacial score (nSPS) is 10.7. The molecule has 0 radical (unpaired) electrons. The van der Waals surface area contributed by atoms with Crippen molar-refractivity contribution >= 4 is 33.6 Å². The minimum atomic E-state index is -0.0985. The Morgan fingerprint density at radius 3 is 2.96 bits per heavy atom. The number of furan rings is 1. The first-order valence-electron chi connectivity index (χ1n) is 6.81. The van der Waals surface area contributed by atoms with E-state index in [1.807, 2.05) is 30.3 Å². The van der Waals surface area contributed by atoms with Gasteiger partial charge in [-0.25, -0.2) is 4.98 Å². The number of H-pyrrole nitrogens is 1. The number of aromatic nitrogens is 3. The summed E-state index contributed by atoms with van der Waals surface area (Å²) < 4.78 is 6.09. The predicted molar refractivity (Wildman–Crippen MR) is 90.8 cm³/mol. The van der Waals surface area contributed by atoms with E-state index < -0.39 is 0 Å². The lowest BCUT2D eigenvalue weighted by molar-refractivity contribution is -0.118. The van der Waals surface area contributed by atoms with E-state index in [0.717, 1.165) is 15.8 Å². The molecule has 0 aliphatic heterocycles. The first-order chi connectivity index (χ1) is 11.2. The van der Waals surface area contributed by atoms with Crippen molar-refractivity contribution in [2.24, 2.45) is 0 Å². The quantitative estimate of drug-likeness (QED) is 0.629. The van der Waals surface area contributed by atoms with Crippen LogP contribution < -0.4 is 5.32 Å². The maximum atomic E-state index is 11.8. The summed E-state index contributed by atoms with van der Waals surface area (Å²) in [5.74, 6) is 1.53. The molecule has 118 valence electrons. The molecule has 0 unspecified atom stereocenters. The fourth-order valence-electron chi connectivity index (χ4n) is 1.86. The van der Waals surface area contributed by atoms with Crippen molar-refractivity contribution in [3.8, 4) is 11.4 Å². The number of carbonyl (C=O) groups is 1. The van der Waals surface area contributed by atoms with E-state index in [0.29, 0.717) is 17.5 Å². The lowest BCUT2D eigenvalue weighted by atomic mass is 10.2. The van der Waals surface area contributed by atoms with E-state index in [9.17, 15) is 4.79 Å². The first-order valence-corrected chi connectivity index (χ1v) is 8.59. The van der Waals surface area contributed by atoms with Crippen molar-refractivity contribution in [1.29, 1.82) is 0 Å². The second kappa shape index (κ2) is 7.47. The smallest absolute Gasteiger partial charge is 0.230 e. The maximum absolute atomic E-state index is 11.8. The van der Waals surface area contributed by atoms with Crippen LogP contribution in [-0.4, -0.2) is 26.8 Å². The van der Waals surface area contributed by atoms with Gasteiger partial charge in [0, 0.05) is 10.0 Å². The number of nitrogens with one attached hydrogen (secondary N) is 2. The summed E-state index contributed by atoms with van der Waals surface area (Å²) in [5.41, 5.74) is 0.925. The van der Waals surface area contributed by atoms with Crippen LogP contribution in [0, 0.1) is 0 Å². The zero-order valence-corrected chi connectivity index (χ0v) is 14.4. The number of halogens is 1. The third-order valence-electron chi connectivity index (χ3n) is 2.97. The van der Waals surface area contributed by atoms with Crippen molar-refractivity contribution in [3.05, 3.63) is 52.9 Å². The van der Waals surface area contributed by atoms with Crippen LogP contribution >= 0.6 is 27.7 Å². The molecule has 6 nitrogen and oxygen atoms in total. The van der Waals surface area contributed by atoms with Crippen LogP contribution in [-0.2, 0) is 11.3 Å². The second-order valence-electron chi connectivity index (χ2n) is 4.59. The molecule has 3 rings (SSSR count). The monoisotopic (exact) mass is 392 g/mol. The van der Waals surface area contributed by atoms with Gasteiger partial charge in [0.25, 0.3) is 0 Å². The Bertz CT molecular complexity index is 788. The molecule has 8 heteroatoms. The summed E-state index contributed by atoms with van der Waals surface area (Å²) in [4.78, 5) is 16.2. The summed E-state index contributed by atoms with van der Waals surface area (Å²) in [5, 5.41) is 10.3. The number of rotatable bonds is 6. The van der Waals surface area contributed by atoms with Gasteiger partial charge in [-0.15, -0.1) is 5.10 Å². The van der Waals surface area contributed by atoms with Crippen molar-refractivity contribution in [2.75, 3.05) is 5.75 Å². The van der Waals surface area contributed by atoms with E-state index in [1.54, 1.807) is 12.3 Å². The zero-order valence-electron chi connectivity index (χ0n) is 12.0. The highest BCUT2D eigenvalue weighted by Gasteiger charge is 2.10. The lowest BCUT2D eigenvalue weighted by Gasteiger charge is -2.01. The Hall–Kier alpha value is -2.06. The Labute approximate surface area is 145 Å². The van der Waals surface area contributed by atoms with Gasteiger partial charge in [-0.2, -0.15) is 0 Å².